The number of halogens is 1. The Kier molecular flexibility index (Phi) is 3.96. The summed E-state index contributed by atoms with van der Waals surface area (Å²) < 4.78 is 16.5. The number of anilines is 1. The van der Waals surface area contributed by atoms with Crippen molar-refractivity contribution in [2.75, 3.05) is 11.4 Å². The lowest BCUT2D eigenvalue weighted by atomic mass is 9.75. The minimum atomic E-state index is -1.10. The number of imide groups is 1. The quantitative estimate of drug-likeness (QED) is 0.381. The zero-order valence-corrected chi connectivity index (χ0v) is 19.7. The van der Waals surface area contributed by atoms with Gasteiger partial charge in [-0.25, -0.2) is 14.3 Å². The highest BCUT2D eigenvalue weighted by Gasteiger charge is 2.73. The number of aromatic nitrogens is 2. The molecule has 8 heteroatoms. The van der Waals surface area contributed by atoms with Crippen LogP contribution >= 0.6 is 0 Å². The highest BCUT2D eigenvalue weighted by atomic mass is 19.1. The number of rotatable bonds is 1. The Morgan fingerprint density at radius 1 is 0.865 bits per heavy atom. The maximum absolute atomic E-state index is 14.9. The number of para-hydroxylation sites is 3. The first-order valence-corrected chi connectivity index (χ1v) is 12.6. The molecule has 1 spiro atoms. The molecule has 5 heterocycles. The Morgan fingerprint density at radius 2 is 1.59 bits per heavy atom. The number of hydrogen-bond donors (Lipinski definition) is 0. The normalized spacial score (nSPS) is 27.7. The monoisotopic (exact) mass is 492 g/mol. The molecule has 1 aromatic heterocycles. The molecular formula is C29H21FN4O3. The van der Waals surface area contributed by atoms with Crippen LogP contribution in [0.1, 0.15) is 24.2 Å². The number of fused-ring (bicyclic) bond motifs is 11. The van der Waals surface area contributed by atoms with E-state index < -0.39 is 29.1 Å². The predicted octanol–water partition coefficient (Wildman–Crippen LogP) is 3.37. The molecule has 0 aliphatic carbocycles. The Balaban J connectivity index is 1.46. The lowest BCUT2D eigenvalue weighted by Gasteiger charge is -2.38. The minimum Gasteiger partial charge on any atom is -0.283 e. The molecule has 37 heavy (non-hydrogen) atoms. The van der Waals surface area contributed by atoms with Crippen LogP contribution in [0.4, 0.5) is 10.1 Å². The number of nitrogens with zero attached hydrogens (tertiary/aromatic N) is 4. The van der Waals surface area contributed by atoms with Crippen LogP contribution in [0.5, 0.6) is 0 Å². The molecule has 2 amide bonds. The summed E-state index contributed by atoms with van der Waals surface area (Å²) in [6.07, 6.45) is 1.60. The van der Waals surface area contributed by atoms with Crippen LogP contribution in [0.15, 0.2) is 77.6 Å². The second kappa shape index (κ2) is 6.98. The van der Waals surface area contributed by atoms with E-state index in [1.165, 1.54) is 18.2 Å². The summed E-state index contributed by atoms with van der Waals surface area (Å²) in [4.78, 5) is 50.4. The van der Waals surface area contributed by atoms with Gasteiger partial charge in [-0.3, -0.25) is 23.9 Å². The maximum Gasteiger partial charge on any atom is 0.266 e. The molecule has 0 N–H and O–H groups in total. The first-order valence-electron chi connectivity index (χ1n) is 12.6. The van der Waals surface area contributed by atoms with Crippen LogP contribution in [0.25, 0.3) is 16.6 Å². The first kappa shape index (κ1) is 21.0. The highest BCUT2D eigenvalue weighted by Crippen LogP contribution is 2.62. The third-order valence-electron chi connectivity index (χ3n) is 8.73. The van der Waals surface area contributed by atoms with Gasteiger partial charge in [0.15, 0.2) is 0 Å². The molecule has 0 saturated carbocycles. The molecule has 3 fully saturated rings. The van der Waals surface area contributed by atoms with E-state index in [0.717, 1.165) is 23.3 Å². The van der Waals surface area contributed by atoms with Gasteiger partial charge in [-0.15, -0.1) is 0 Å². The number of benzene rings is 3. The smallest absolute Gasteiger partial charge is 0.266 e. The summed E-state index contributed by atoms with van der Waals surface area (Å²) in [5, 5.41) is 0.493. The van der Waals surface area contributed by atoms with Gasteiger partial charge in [0.25, 0.3) is 5.56 Å². The van der Waals surface area contributed by atoms with Crippen molar-refractivity contribution in [3.05, 3.63) is 100 Å². The van der Waals surface area contributed by atoms with Crippen LogP contribution in [-0.4, -0.2) is 38.9 Å². The van der Waals surface area contributed by atoms with Crippen LogP contribution in [0.3, 0.4) is 0 Å². The highest BCUT2D eigenvalue weighted by molar-refractivity contribution is 6.23. The topological polar surface area (TPSA) is 75.5 Å². The number of hydrogen-bond acceptors (Lipinski definition) is 5. The van der Waals surface area contributed by atoms with Crippen molar-refractivity contribution in [3.63, 3.8) is 0 Å². The van der Waals surface area contributed by atoms with Gasteiger partial charge < -0.3 is 0 Å². The fourth-order valence-electron chi connectivity index (χ4n) is 7.48. The van der Waals surface area contributed by atoms with Crippen molar-refractivity contribution in [1.82, 2.24) is 14.5 Å². The lowest BCUT2D eigenvalue weighted by Crippen LogP contribution is -2.51. The van der Waals surface area contributed by atoms with Crippen LogP contribution in [-0.2, 0) is 15.1 Å². The first-order chi connectivity index (χ1) is 18.0. The van der Waals surface area contributed by atoms with Crippen molar-refractivity contribution in [3.8, 4) is 5.69 Å². The van der Waals surface area contributed by atoms with E-state index in [4.69, 9.17) is 4.98 Å². The largest absolute Gasteiger partial charge is 0.283 e. The van der Waals surface area contributed by atoms with E-state index in [2.05, 4.69) is 4.90 Å². The summed E-state index contributed by atoms with van der Waals surface area (Å²) in [5.74, 6) is -2.46. The molecule has 4 aliphatic heterocycles. The van der Waals surface area contributed by atoms with Gasteiger partial charge in [0.1, 0.15) is 17.2 Å². The van der Waals surface area contributed by atoms with E-state index in [1.807, 2.05) is 36.4 Å². The Morgan fingerprint density at radius 3 is 2.43 bits per heavy atom. The summed E-state index contributed by atoms with van der Waals surface area (Å²) in [7, 11) is 0. The molecule has 0 unspecified atom stereocenters. The van der Waals surface area contributed by atoms with E-state index in [1.54, 1.807) is 22.8 Å². The molecule has 8 rings (SSSR count). The van der Waals surface area contributed by atoms with Crippen LogP contribution in [0, 0.1) is 17.7 Å². The Hall–Kier alpha value is -4.17. The second-order valence-corrected chi connectivity index (χ2v) is 10.2. The van der Waals surface area contributed by atoms with Crippen LogP contribution in [0.2, 0.25) is 0 Å². The molecule has 0 bridgehead atoms. The van der Waals surface area contributed by atoms with Crippen molar-refractivity contribution in [2.45, 2.75) is 24.4 Å². The van der Waals surface area contributed by atoms with Crippen molar-refractivity contribution < 1.29 is 14.0 Å². The summed E-state index contributed by atoms with van der Waals surface area (Å²) in [5.41, 5.74) is 0.696. The number of carbonyl (C=O) groups is 2. The van der Waals surface area contributed by atoms with E-state index in [-0.39, 0.29) is 23.2 Å². The second-order valence-electron chi connectivity index (χ2n) is 10.2. The van der Waals surface area contributed by atoms with Gasteiger partial charge >= 0.3 is 0 Å². The van der Waals surface area contributed by atoms with Gasteiger partial charge in [-0.05, 0) is 49.7 Å². The number of amides is 2. The molecule has 3 aromatic carbocycles. The fourth-order valence-corrected chi connectivity index (χ4v) is 7.48. The van der Waals surface area contributed by atoms with E-state index in [0.29, 0.717) is 29.0 Å². The number of carbonyl (C=O) groups excluding carboxylic acids is 2. The zero-order chi connectivity index (χ0) is 25.1. The van der Waals surface area contributed by atoms with Gasteiger partial charge in [0.05, 0.1) is 34.1 Å². The average Bonchev–Trinajstić information content (AvgIpc) is 3.62. The molecule has 182 valence electrons. The van der Waals surface area contributed by atoms with Crippen molar-refractivity contribution >= 4 is 28.4 Å². The predicted molar refractivity (Wildman–Crippen MR) is 134 cm³/mol. The minimum absolute atomic E-state index is 0.0262. The van der Waals surface area contributed by atoms with Crippen LogP contribution < -0.4 is 10.5 Å². The standard InChI is InChI=1S/C29H21FN4O3/c30-18-10-3-6-13-21(18)33-26(36)23-22-14-7-15-32(22)29(24(23)27(33)37)17-9-2-5-12-20(17)34-25(35)16-8-1-4-11-19(16)31-28(29)34/h1-6,8-13,22-24H,7,14-15H2/t22-,23+,24-,29-/m1/s1. The summed E-state index contributed by atoms with van der Waals surface area (Å²) in [6, 6.07) is 20.5. The molecule has 3 saturated heterocycles. The van der Waals surface area contributed by atoms with E-state index in [9.17, 15) is 18.8 Å². The fraction of sp³-hybridized carbons (Fsp3) is 0.241. The third kappa shape index (κ3) is 2.31. The van der Waals surface area contributed by atoms with Gasteiger partial charge in [-0.2, -0.15) is 0 Å². The Bertz CT molecular complexity index is 1750. The lowest BCUT2D eigenvalue weighted by molar-refractivity contribution is -0.124. The molecule has 7 nitrogen and oxygen atoms in total. The molecule has 4 aliphatic rings. The summed E-state index contributed by atoms with van der Waals surface area (Å²) >= 11 is 0. The summed E-state index contributed by atoms with van der Waals surface area (Å²) in [6.45, 7) is 0.676. The maximum atomic E-state index is 14.9. The molecule has 0 radical (unpaired) electrons. The molecule has 4 atom stereocenters. The van der Waals surface area contributed by atoms with E-state index >= 15 is 0 Å². The molecule has 4 aromatic rings. The SMILES string of the molecule is O=C1[C@H]2[C@H]3CCCN3[C@]3(c4ccccc4-n4c3nc3ccccc3c4=O)[C@H]2C(=O)N1c1ccccc1F. The Labute approximate surface area is 210 Å². The zero-order valence-electron chi connectivity index (χ0n) is 19.7. The van der Waals surface area contributed by atoms with Crippen molar-refractivity contribution in [2.24, 2.45) is 11.8 Å². The average molecular weight is 493 g/mol. The van der Waals surface area contributed by atoms with Gasteiger partial charge in [0, 0.05) is 11.6 Å². The van der Waals surface area contributed by atoms with Crippen molar-refractivity contribution in [1.29, 1.82) is 0 Å². The van der Waals surface area contributed by atoms with Gasteiger partial charge in [0.2, 0.25) is 11.8 Å². The van der Waals surface area contributed by atoms with Gasteiger partial charge in [-0.1, -0.05) is 42.5 Å². The molecular weight excluding hydrogens is 471 g/mol. The third-order valence-corrected chi connectivity index (χ3v) is 8.73.